The molecule has 0 aliphatic carbocycles. The third kappa shape index (κ3) is 7.67. The van der Waals surface area contributed by atoms with Crippen molar-refractivity contribution in [3.63, 3.8) is 0 Å². The van der Waals surface area contributed by atoms with Gasteiger partial charge in [-0.2, -0.15) is 4.31 Å². The van der Waals surface area contributed by atoms with Gasteiger partial charge in [0.1, 0.15) is 0 Å². The van der Waals surface area contributed by atoms with Crippen molar-refractivity contribution in [1.82, 2.24) is 9.62 Å². The second-order valence-corrected chi connectivity index (χ2v) is 5.64. The van der Waals surface area contributed by atoms with Gasteiger partial charge in [-0.05, 0) is 6.54 Å². The molecule has 1 N–H and O–H groups in total. The maximum atomic E-state index is 12.0. The lowest BCUT2D eigenvalue weighted by atomic mass is 10.6. The van der Waals surface area contributed by atoms with Crippen LogP contribution in [-0.2, 0) is 19.5 Å². The first kappa shape index (κ1) is 16.8. The minimum absolute atomic E-state index is 0.105. The van der Waals surface area contributed by atoms with E-state index in [-0.39, 0.29) is 5.75 Å². The SMILES string of the molecule is CCNCCS(=O)(=O)N(CCOC)CCOC. The summed E-state index contributed by atoms with van der Waals surface area (Å²) in [4.78, 5) is 0. The number of sulfonamides is 1. The van der Waals surface area contributed by atoms with Gasteiger partial charge < -0.3 is 14.8 Å². The normalized spacial score (nSPS) is 12.2. The zero-order valence-corrected chi connectivity index (χ0v) is 11.8. The standard InChI is InChI=1S/C10H24N2O4S/c1-4-11-5-10-17(13,14)12(6-8-15-2)7-9-16-3/h11H,4-10H2,1-3H3. The molecule has 0 unspecified atom stereocenters. The minimum atomic E-state index is -3.23. The van der Waals surface area contributed by atoms with Crippen LogP contribution in [0.5, 0.6) is 0 Å². The molecule has 0 radical (unpaired) electrons. The van der Waals surface area contributed by atoms with Crippen LogP contribution in [0.3, 0.4) is 0 Å². The Morgan fingerprint density at radius 1 is 1.12 bits per heavy atom. The first-order chi connectivity index (χ1) is 8.08. The minimum Gasteiger partial charge on any atom is -0.383 e. The lowest BCUT2D eigenvalue weighted by Gasteiger charge is -2.21. The molecule has 0 aliphatic heterocycles. The van der Waals surface area contributed by atoms with E-state index < -0.39 is 10.0 Å². The first-order valence-electron chi connectivity index (χ1n) is 5.75. The monoisotopic (exact) mass is 268 g/mol. The molecule has 7 heteroatoms. The lowest BCUT2D eigenvalue weighted by molar-refractivity contribution is 0.150. The van der Waals surface area contributed by atoms with E-state index in [4.69, 9.17) is 9.47 Å². The van der Waals surface area contributed by atoms with Crippen LogP contribution in [0, 0.1) is 0 Å². The van der Waals surface area contributed by atoms with Crippen LogP contribution in [-0.4, -0.2) is 72.1 Å². The van der Waals surface area contributed by atoms with Crippen molar-refractivity contribution < 1.29 is 17.9 Å². The predicted molar refractivity (Wildman–Crippen MR) is 67.7 cm³/mol. The number of methoxy groups -OCH3 is 2. The molecule has 0 saturated carbocycles. The molecule has 0 aliphatic rings. The summed E-state index contributed by atoms with van der Waals surface area (Å²) >= 11 is 0. The molecule has 0 aromatic heterocycles. The summed E-state index contributed by atoms with van der Waals surface area (Å²) in [6, 6.07) is 0. The van der Waals surface area contributed by atoms with Crippen molar-refractivity contribution in [1.29, 1.82) is 0 Å². The van der Waals surface area contributed by atoms with Gasteiger partial charge in [-0.1, -0.05) is 6.92 Å². The van der Waals surface area contributed by atoms with Gasteiger partial charge in [0, 0.05) is 33.9 Å². The molecule has 0 amide bonds. The summed E-state index contributed by atoms with van der Waals surface area (Å²) in [5, 5.41) is 3.00. The Hall–Kier alpha value is -0.210. The van der Waals surface area contributed by atoms with E-state index >= 15 is 0 Å². The second kappa shape index (κ2) is 9.78. The van der Waals surface area contributed by atoms with Crippen LogP contribution in [0.2, 0.25) is 0 Å². The van der Waals surface area contributed by atoms with Gasteiger partial charge in [0.15, 0.2) is 0 Å². The third-order valence-corrected chi connectivity index (χ3v) is 4.14. The fourth-order valence-corrected chi connectivity index (χ4v) is 2.65. The topological polar surface area (TPSA) is 67.9 Å². The predicted octanol–water partition coefficient (Wildman–Crippen LogP) is -0.479. The van der Waals surface area contributed by atoms with Crippen LogP contribution >= 0.6 is 0 Å². The molecular weight excluding hydrogens is 244 g/mol. The quantitative estimate of drug-likeness (QED) is 0.513. The van der Waals surface area contributed by atoms with Crippen LogP contribution in [0.1, 0.15) is 6.92 Å². The highest BCUT2D eigenvalue weighted by atomic mass is 32.2. The highest BCUT2D eigenvalue weighted by molar-refractivity contribution is 7.89. The molecule has 0 atom stereocenters. The van der Waals surface area contributed by atoms with Crippen LogP contribution in [0.25, 0.3) is 0 Å². The van der Waals surface area contributed by atoms with Crippen molar-refractivity contribution in [3.8, 4) is 0 Å². The average Bonchev–Trinajstić information content (AvgIpc) is 2.29. The van der Waals surface area contributed by atoms with Crippen LogP contribution in [0.4, 0.5) is 0 Å². The Balaban J connectivity index is 4.30. The molecule has 17 heavy (non-hydrogen) atoms. The number of hydrogen-bond acceptors (Lipinski definition) is 5. The molecule has 6 nitrogen and oxygen atoms in total. The van der Waals surface area contributed by atoms with Gasteiger partial charge in [0.25, 0.3) is 0 Å². The Morgan fingerprint density at radius 2 is 1.65 bits per heavy atom. The fourth-order valence-electron chi connectivity index (χ4n) is 1.28. The maximum absolute atomic E-state index is 12.0. The average molecular weight is 268 g/mol. The summed E-state index contributed by atoms with van der Waals surface area (Å²) in [6.45, 7) is 4.71. The zero-order valence-electron chi connectivity index (χ0n) is 10.9. The Labute approximate surface area is 104 Å². The van der Waals surface area contributed by atoms with Crippen molar-refractivity contribution in [2.75, 3.05) is 59.4 Å². The number of ether oxygens (including phenoxy) is 2. The molecule has 0 fully saturated rings. The number of rotatable bonds is 11. The third-order valence-electron chi connectivity index (χ3n) is 2.27. The molecule has 0 heterocycles. The summed E-state index contributed by atoms with van der Waals surface area (Å²) in [6.07, 6.45) is 0. The number of nitrogens with zero attached hydrogens (tertiary/aromatic N) is 1. The van der Waals surface area contributed by atoms with E-state index in [1.54, 1.807) is 14.2 Å². The van der Waals surface area contributed by atoms with E-state index in [1.165, 1.54) is 4.31 Å². The molecule has 0 saturated heterocycles. The van der Waals surface area contributed by atoms with Gasteiger partial charge >= 0.3 is 0 Å². The molecule has 0 aromatic rings. The lowest BCUT2D eigenvalue weighted by Crippen LogP contribution is -2.40. The Bertz CT molecular complexity index is 261. The molecule has 0 bridgehead atoms. The van der Waals surface area contributed by atoms with E-state index in [0.29, 0.717) is 32.8 Å². The highest BCUT2D eigenvalue weighted by Crippen LogP contribution is 2.01. The highest BCUT2D eigenvalue weighted by Gasteiger charge is 2.20. The first-order valence-corrected chi connectivity index (χ1v) is 7.35. The van der Waals surface area contributed by atoms with Gasteiger partial charge in [-0.15, -0.1) is 0 Å². The zero-order chi connectivity index (χ0) is 13.1. The van der Waals surface area contributed by atoms with Crippen LogP contribution < -0.4 is 5.32 Å². The van der Waals surface area contributed by atoms with Crippen molar-refractivity contribution in [2.45, 2.75) is 6.92 Å². The maximum Gasteiger partial charge on any atom is 0.215 e. The summed E-state index contributed by atoms with van der Waals surface area (Å²) in [5.74, 6) is 0.105. The number of nitrogens with one attached hydrogen (secondary N) is 1. The van der Waals surface area contributed by atoms with E-state index in [0.717, 1.165) is 6.54 Å². The van der Waals surface area contributed by atoms with Gasteiger partial charge in [-0.25, -0.2) is 8.42 Å². The van der Waals surface area contributed by atoms with Gasteiger partial charge in [0.05, 0.1) is 19.0 Å². The number of hydrogen-bond donors (Lipinski definition) is 1. The van der Waals surface area contributed by atoms with Crippen LogP contribution in [0.15, 0.2) is 0 Å². The molecule has 0 rings (SSSR count). The Kier molecular flexibility index (Phi) is 9.66. The van der Waals surface area contributed by atoms with Crippen molar-refractivity contribution >= 4 is 10.0 Å². The van der Waals surface area contributed by atoms with E-state index in [9.17, 15) is 8.42 Å². The van der Waals surface area contributed by atoms with Crippen molar-refractivity contribution in [3.05, 3.63) is 0 Å². The molecule has 0 aromatic carbocycles. The molecular formula is C10H24N2O4S. The van der Waals surface area contributed by atoms with Gasteiger partial charge in [0.2, 0.25) is 10.0 Å². The summed E-state index contributed by atoms with van der Waals surface area (Å²) in [5.41, 5.74) is 0. The van der Waals surface area contributed by atoms with E-state index in [1.807, 2.05) is 6.92 Å². The largest absolute Gasteiger partial charge is 0.383 e. The van der Waals surface area contributed by atoms with Crippen molar-refractivity contribution in [2.24, 2.45) is 0 Å². The molecule has 0 spiro atoms. The van der Waals surface area contributed by atoms with E-state index in [2.05, 4.69) is 5.32 Å². The smallest absolute Gasteiger partial charge is 0.215 e. The summed E-state index contributed by atoms with van der Waals surface area (Å²) in [7, 11) is -0.118. The second-order valence-electron chi connectivity index (χ2n) is 3.55. The van der Waals surface area contributed by atoms with Gasteiger partial charge in [-0.3, -0.25) is 0 Å². The summed E-state index contributed by atoms with van der Waals surface area (Å²) < 4.78 is 35.2. The fraction of sp³-hybridized carbons (Fsp3) is 1.00. The Morgan fingerprint density at radius 3 is 2.06 bits per heavy atom. The molecule has 104 valence electrons.